The fraction of sp³-hybridized carbons (Fsp3) is 0.462. The summed E-state index contributed by atoms with van der Waals surface area (Å²) in [4.78, 5) is 13.2. The summed E-state index contributed by atoms with van der Waals surface area (Å²) in [5.74, 6) is 1.64. The molecule has 16 heavy (non-hydrogen) atoms. The van der Waals surface area contributed by atoms with Gasteiger partial charge in [0.1, 0.15) is 0 Å². The van der Waals surface area contributed by atoms with Crippen LogP contribution >= 0.6 is 15.9 Å². The Morgan fingerprint density at radius 3 is 2.81 bits per heavy atom. The number of aldehydes is 1. The second-order valence-corrected chi connectivity index (χ2v) is 5.59. The Balaban J connectivity index is 2.17. The minimum absolute atomic E-state index is 0.763. The lowest BCUT2D eigenvalue weighted by Gasteiger charge is -2.21. The van der Waals surface area contributed by atoms with E-state index in [0.717, 1.165) is 40.4 Å². The van der Waals surface area contributed by atoms with Gasteiger partial charge in [-0.15, -0.1) is 0 Å². The van der Waals surface area contributed by atoms with E-state index < -0.39 is 0 Å². The van der Waals surface area contributed by atoms with Crippen LogP contribution in [0.5, 0.6) is 0 Å². The molecule has 2 unspecified atom stereocenters. The van der Waals surface area contributed by atoms with Crippen molar-refractivity contribution in [1.29, 1.82) is 0 Å². The zero-order chi connectivity index (χ0) is 11.7. The van der Waals surface area contributed by atoms with Crippen LogP contribution in [0.3, 0.4) is 0 Å². The van der Waals surface area contributed by atoms with Gasteiger partial charge in [0, 0.05) is 29.3 Å². The molecule has 2 atom stereocenters. The predicted molar refractivity (Wildman–Crippen MR) is 70.1 cm³/mol. The van der Waals surface area contributed by atoms with E-state index in [1.807, 2.05) is 18.2 Å². The number of halogens is 1. The van der Waals surface area contributed by atoms with Crippen molar-refractivity contribution in [3.8, 4) is 0 Å². The number of carbonyl (C=O) groups excluding carboxylic acids is 1. The Labute approximate surface area is 105 Å². The summed E-state index contributed by atoms with van der Waals surface area (Å²) in [5.41, 5.74) is 1.78. The monoisotopic (exact) mass is 281 g/mol. The van der Waals surface area contributed by atoms with Crippen LogP contribution in [0.25, 0.3) is 0 Å². The van der Waals surface area contributed by atoms with Gasteiger partial charge in [-0.1, -0.05) is 22.9 Å². The largest absolute Gasteiger partial charge is 0.374 e. The average Bonchev–Trinajstić information content (AvgIpc) is 2.94. The second-order valence-electron chi connectivity index (χ2n) is 4.67. The van der Waals surface area contributed by atoms with E-state index in [4.69, 9.17) is 0 Å². The molecule has 0 saturated heterocycles. The summed E-state index contributed by atoms with van der Waals surface area (Å²) in [6.45, 7) is 3.32. The number of rotatable bonds is 4. The van der Waals surface area contributed by atoms with E-state index in [-0.39, 0.29) is 0 Å². The fourth-order valence-corrected chi connectivity index (χ4v) is 2.40. The number of carbonyl (C=O) groups is 1. The topological polar surface area (TPSA) is 20.3 Å². The smallest absolute Gasteiger partial charge is 0.152 e. The van der Waals surface area contributed by atoms with E-state index in [2.05, 4.69) is 34.8 Å². The van der Waals surface area contributed by atoms with Crippen LogP contribution in [-0.2, 0) is 0 Å². The van der Waals surface area contributed by atoms with Gasteiger partial charge in [0.25, 0.3) is 0 Å². The van der Waals surface area contributed by atoms with Crippen molar-refractivity contribution < 1.29 is 4.79 Å². The van der Waals surface area contributed by atoms with Gasteiger partial charge >= 0.3 is 0 Å². The summed E-state index contributed by atoms with van der Waals surface area (Å²) in [7, 11) is 2.06. The summed E-state index contributed by atoms with van der Waals surface area (Å²) in [6, 6.07) is 5.77. The molecule has 0 aromatic heterocycles. The van der Waals surface area contributed by atoms with E-state index >= 15 is 0 Å². The molecule has 2 rings (SSSR count). The minimum atomic E-state index is 0.763. The quantitative estimate of drug-likeness (QED) is 0.789. The third-order valence-electron chi connectivity index (χ3n) is 3.32. The number of hydrogen-bond donors (Lipinski definition) is 0. The lowest BCUT2D eigenvalue weighted by Crippen LogP contribution is -2.21. The van der Waals surface area contributed by atoms with Crippen LogP contribution in [0.2, 0.25) is 0 Å². The van der Waals surface area contributed by atoms with Crippen molar-refractivity contribution in [2.45, 2.75) is 13.3 Å². The van der Waals surface area contributed by atoms with Crippen molar-refractivity contribution >= 4 is 27.9 Å². The molecule has 0 heterocycles. The molecule has 0 aliphatic heterocycles. The molecule has 0 amide bonds. The molecule has 0 N–H and O–H groups in total. The van der Waals surface area contributed by atoms with Crippen molar-refractivity contribution in [1.82, 2.24) is 0 Å². The van der Waals surface area contributed by atoms with E-state index in [9.17, 15) is 4.79 Å². The van der Waals surface area contributed by atoms with Gasteiger partial charge in [-0.25, -0.2) is 0 Å². The molecule has 0 spiro atoms. The maximum atomic E-state index is 11.0. The number of anilines is 1. The first-order valence-corrected chi connectivity index (χ1v) is 6.37. The second kappa shape index (κ2) is 4.58. The number of nitrogens with zero attached hydrogens (tertiary/aromatic N) is 1. The highest BCUT2D eigenvalue weighted by atomic mass is 79.9. The molecule has 0 bridgehead atoms. The molecular formula is C13H16BrNO. The normalized spacial score (nSPS) is 22.9. The highest BCUT2D eigenvalue weighted by Crippen LogP contribution is 2.39. The Morgan fingerprint density at radius 1 is 1.56 bits per heavy atom. The van der Waals surface area contributed by atoms with Crippen molar-refractivity contribution in [2.75, 3.05) is 18.5 Å². The van der Waals surface area contributed by atoms with E-state index in [1.165, 1.54) is 6.42 Å². The Kier molecular flexibility index (Phi) is 3.33. The van der Waals surface area contributed by atoms with Crippen molar-refractivity contribution in [3.63, 3.8) is 0 Å². The average molecular weight is 282 g/mol. The highest BCUT2D eigenvalue weighted by Gasteiger charge is 2.33. The molecule has 1 aliphatic carbocycles. The molecule has 0 radical (unpaired) electrons. The van der Waals surface area contributed by atoms with Crippen LogP contribution < -0.4 is 4.90 Å². The first-order chi connectivity index (χ1) is 7.61. The summed E-state index contributed by atoms with van der Waals surface area (Å²) >= 11 is 3.44. The number of hydrogen-bond acceptors (Lipinski definition) is 2. The molecular weight excluding hydrogens is 266 g/mol. The lowest BCUT2D eigenvalue weighted by molar-refractivity contribution is 0.112. The molecule has 1 aromatic carbocycles. The third-order valence-corrected chi connectivity index (χ3v) is 3.81. The Morgan fingerprint density at radius 2 is 2.25 bits per heavy atom. The van der Waals surface area contributed by atoms with Gasteiger partial charge in [-0.05, 0) is 36.5 Å². The van der Waals surface area contributed by atoms with Gasteiger partial charge in [-0.2, -0.15) is 0 Å². The highest BCUT2D eigenvalue weighted by molar-refractivity contribution is 9.10. The Hall–Kier alpha value is -0.830. The van der Waals surface area contributed by atoms with Crippen LogP contribution in [0, 0.1) is 11.8 Å². The molecule has 2 nitrogen and oxygen atoms in total. The van der Waals surface area contributed by atoms with Crippen molar-refractivity contribution in [3.05, 3.63) is 28.2 Å². The zero-order valence-corrected chi connectivity index (χ0v) is 11.2. The van der Waals surface area contributed by atoms with Crippen LogP contribution in [0.15, 0.2) is 22.7 Å². The Bertz CT molecular complexity index is 405. The summed E-state index contributed by atoms with van der Waals surface area (Å²) < 4.78 is 1.02. The number of benzene rings is 1. The first kappa shape index (κ1) is 11.6. The van der Waals surface area contributed by atoms with Gasteiger partial charge < -0.3 is 4.90 Å². The minimum Gasteiger partial charge on any atom is -0.374 e. The molecule has 3 heteroatoms. The molecule has 86 valence electrons. The predicted octanol–water partition coefficient (Wildman–Crippen LogP) is 3.35. The van der Waals surface area contributed by atoms with Gasteiger partial charge in [0.05, 0.1) is 0 Å². The standard InChI is InChI=1S/C13H16BrNO/c1-9-5-11(9)7-15(2)13-6-12(14)4-3-10(13)8-16/h3-4,6,8-9,11H,5,7H2,1-2H3. The van der Waals surface area contributed by atoms with Gasteiger partial charge in [0.15, 0.2) is 6.29 Å². The maximum Gasteiger partial charge on any atom is 0.152 e. The van der Waals surface area contributed by atoms with Crippen molar-refractivity contribution in [2.24, 2.45) is 11.8 Å². The summed E-state index contributed by atoms with van der Waals surface area (Å²) in [6.07, 6.45) is 2.24. The van der Waals surface area contributed by atoms with Crippen LogP contribution in [-0.4, -0.2) is 19.9 Å². The zero-order valence-electron chi connectivity index (χ0n) is 9.61. The van der Waals surface area contributed by atoms with Crippen LogP contribution in [0.4, 0.5) is 5.69 Å². The third kappa shape index (κ3) is 2.46. The molecule has 1 fully saturated rings. The van der Waals surface area contributed by atoms with Crippen LogP contribution in [0.1, 0.15) is 23.7 Å². The molecule has 1 aliphatic rings. The lowest BCUT2D eigenvalue weighted by atomic mass is 10.1. The summed E-state index contributed by atoms with van der Waals surface area (Å²) in [5, 5.41) is 0. The molecule has 1 saturated carbocycles. The van der Waals surface area contributed by atoms with Gasteiger partial charge in [0.2, 0.25) is 0 Å². The fourth-order valence-electron chi connectivity index (χ4n) is 2.05. The molecule has 1 aromatic rings. The maximum absolute atomic E-state index is 11.0. The van der Waals surface area contributed by atoms with E-state index in [1.54, 1.807) is 0 Å². The SMILES string of the molecule is CC1CC1CN(C)c1cc(Br)ccc1C=O. The van der Waals surface area contributed by atoms with Gasteiger partial charge in [-0.3, -0.25) is 4.79 Å². The first-order valence-electron chi connectivity index (χ1n) is 5.57. The van der Waals surface area contributed by atoms with E-state index in [0.29, 0.717) is 0 Å².